The number of nitrogens with zero attached hydrogens (tertiary/aromatic N) is 3. The fraction of sp³-hybridized carbons (Fsp3) is 0.333. The van der Waals surface area contributed by atoms with Gasteiger partial charge in [0, 0.05) is 37.1 Å². The van der Waals surface area contributed by atoms with Gasteiger partial charge in [0.05, 0.1) is 32.1 Å². The number of ether oxygens (including phenoxy) is 3. The highest BCUT2D eigenvalue weighted by Crippen LogP contribution is 2.27. The van der Waals surface area contributed by atoms with Gasteiger partial charge >= 0.3 is 12.1 Å². The van der Waals surface area contributed by atoms with E-state index in [1.807, 2.05) is 10.6 Å². The number of carbonyl (C=O) groups is 2. The van der Waals surface area contributed by atoms with Crippen molar-refractivity contribution in [3.8, 4) is 11.6 Å². The molecule has 182 valence electrons. The van der Waals surface area contributed by atoms with Crippen molar-refractivity contribution in [1.29, 1.82) is 0 Å². The lowest BCUT2D eigenvalue weighted by molar-refractivity contribution is -0.192. The van der Waals surface area contributed by atoms with Crippen molar-refractivity contribution < 1.29 is 42.1 Å². The topological polar surface area (TPSA) is 124 Å². The molecule has 0 saturated carbocycles. The molecule has 1 unspecified atom stereocenters. The Bertz CT molecular complexity index is 1180. The minimum atomic E-state index is -5.08. The van der Waals surface area contributed by atoms with Crippen LogP contribution in [-0.2, 0) is 9.53 Å². The normalized spacial score (nSPS) is 15.4. The van der Waals surface area contributed by atoms with Crippen molar-refractivity contribution in [2.75, 3.05) is 32.8 Å². The number of rotatable bonds is 5. The number of pyridine rings is 2. The summed E-state index contributed by atoms with van der Waals surface area (Å²) in [5, 5.41) is 9.90. The summed E-state index contributed by atoms with van der Waals surface area (Å²) in [6, 6.07) is 6.92. The van der Waals surface area contributed by atoms with Gasteiger partial charge in [-0.3, -0.25) is 4.79 Å². The van der Waals surface area contributed by atoms with Crippen LogP contribution in [-0.4, -0.2) is 65.0 Å². The number of imidazole rings is 1. The molecule has 0 aliphatic carbocycles. The summed E-state index contributed by atoms with van der Waals surface area (Å²) in [7, 11) is 3.05. The molecule has 3 aromatic rings. The van der Waals surface area contributed by atoms with Gasteiger partial charge in [0.1, 0.15) is 17.2 Å². The Balaban J connectivity index is 0.000000406. The number of nitrogens with one attached hydrogen (secondary N) is 1. The first-order valence-corrected chi connectivity index (χ1v) is 9.89. The van der Waals surface area contributed by atoms with Gasteiger partial charge < -0.3 is 29.0 Å². The third-order valence-corrected chi connectivity index (χ3v) is 4.80. The van der Waals surface area contributed by atoms with Gasteiger partial charge in [0.2, 0.25) is 5.88 Å². The van der Waals surface area contributed by atoms with Crippen molar-refractivity contribution in [3.63, 3.8) is 0 Å². The van der Waals surface area contributed by atoms with Crippen LogP contribution in [0.25, 0.3) is 5.65 Å². The van der Waals surface area contributed by atoms with E-state index in [1.54, 1.807) is 30.5 Å². The molecule has 1 aliphatic rings. The molecule has 1 saturated heterocycles. The highest BCUT2D eigenvalue weighted by molar-refractivity contribution is 6.05. The zero-order chi connectivity index (χ0) is 24.9. The predicted octanol–water partition coefficient (Wildman–Crippen LogP) is 3.14. The average molecular weight is 482 g/mol. The van der Waals surface area contributed by atoms with Gasteiger partial charge in [-0.25, -0.2) is 9.78 Å². The Morgan fingerprint density at radius 2 is 1.94 bits per heavy atom. The van der Waals surface area contributed by atoms with E-state index in [9.17, 15) is 18.0 Å². The number of fused-ring (bicyclic) bond motifs is 1. The lowest BCUT2D eigenvalue weighted by Crippen LogP contribution is -2.21. The van der Waals surface area contributed by atoms with Crippen LogP contribution >= 0.6 is 0 Å². The van der Waals surface area contributed by atoms with E-state index in [2.05, 4.69) is 15.3 Å². The van der Waals surface area contributed by atoms with Crippen molar-refractivity contribution in [3.05, 3.63) is 47.9 Å². The molecule has 34 heavy (non-hydrogen) atoms. The van der Waals surface area contributed by atoms with Crippen LogP contribution in [0.5, 0.6) is 11.6 Å². The third kappa shape index (κ3) is 5.92. The zero-order valence-corrected chi connectivity index (χ0v) is 18.1. The van der Waals surface area contributed by atoms with E-state index in [0.717, 1.165) is 24.4 Å². The van der Waals surface area contributed by atoms with Crippen LogP contribution in [0.4, 0.5) is 19.0 Å². The first kappa shape index (κ1) is 24.8. The van der Waals surface area contributed by atoms with Gasteiger partial charge in [-0.2, -0.15) is 18.2 Å². The number of carboxylic acid groups (broad SMARTS) is 1. The van der Waals surface area contributed by atoms with E-state index < -0.39 is 12.1 Å². The van der Waals surface area contributed by atoms with E-state index in [1.165, 1.54) is 14.2 Å². The number of hydrogen-bond donors (Lipinski definition) is 2. The molecule has 4 rings (SSSR count). The van der Waals surface area contributed by atoms with Gasteiger partial charge in [-0.1, -0.05) is 6.07 Å². The number of amides is 1. The number of hydrogen-bond acceptors (Lipinski definition) is 7. The summed E-state index contributed by atoms with van der Waals surface area (Å²) < 4.78 is 49.5. The molecule has 10 nitrogen and oxygen atoms in total. The quantitative estimate of drug-likeness (QED) is 0.569. The molecule has 1 amide bonds. The SMILES string of the molecule is COc1cccc(NC(=O)c2cn3cc(C4CCOC4)nc3cc2OC)n1.O=C(O)C(F)(F)F. The lowest BCUT2D eigenvalue weighted by atomic mass is 10.1. The molecule has 4 heterocycles. The second-order valence-corrected chi connectivity index (χ2v) is 7.07. The molecule has 1 atom stereocenters. The number of carboxylic acids is 1. The molecule has 0 aromatic carbocycles. The maximum atomic E-state index is 12.8. The molecular weight excluding hydrogens is 461 g/mol. The van der Waals surface area contributed by atoms with Crippen LogP contribution in [0.3, 0.4) is 0 Å². The first-order valence-electron chi connectivity index (χ1n) is 9.89. The number of aromatic nitrogens is 3. The third-order valence-electron chi connectivity index (χ3n) is 4.80. The number of halogens is 3. The van der Waals surface area contributed by atoms with E-state index >= 15 is 0 Å². The van der Waals surface area contributed by atoms with Crippen molar-refractivity contribution in [1.82, 2.24) is 14.4 Å². The van der Waals surface area contributed by atoms with Crippen molar-refractivity contribution >= 4 is 23.3 Å². The molecule has 1 fully saturated rings. The Morgan fingerprint density at radius 3 is 2.53 bits per heavy atom. The first-order chi connectivity index (χ1) is 16.1. The summed E-state index contributed by atoms with van der Waals surface area (Å²) in [6.45, 7) is 1.43. The second-order valence-electron chi connectivity index (χ2n) is 7.07. The van der Waals surface area contributed by atoms with Crippen LogP contribution in [0.2, 0.25) is 0 Å². The van der Waals surface area contributed by atoms with Crippen LogP contribution in [0, 0.1) is 0 Å². The maximum Gasteiger partial charge on any atom is 0.490 e. The zero-order valence-electron chi connectivity index (χ0n) is 18.1. The van der Waals surface area contributed by atoms with E-state index in [-0.39, 0.29) is 11.8 Å². The largest absolute Gasteiger partial charge is 0.496 e. The minimum Gasteiger partial charge on any atom is -0.496 e. The molecule has 1 aliphatic heterocycles. The summed E-state index contributed by atoms with van der Waals surface area (Å²) >= 11 is 0. The smallest absolute Gasteiger partial charge is 0.490 e. The summed E-state index contributed by atoms with van der Waals surface area (Å²) in [5.74, 6) is -1.53. The van der Waals surface area contributed by atoms with E-state index in [0.29, 0.717) is 29.6 Å². The summed E-state index contributed by atoms with van der Waals surface area (Å²) in [6.07, 6.45) is -0.472. The van der Waals surface area contributed by atoms with Crippen LogP contribution in [0.15, 0.2) is 36.7 Å². The highest BCUT2D eigenvalue weighted by Gasteiger charge is 2.38. The molecule has 2 N–H and O–H groups in total. The number of methoxy groups -OCH3 is 2. The fourth-order valence-electron chi connectivity index (χ4n) is 3.12. The fourth-order valence-corrected chi connectivity index (χ4v) is 3.12. The summed E-state index contributed by atoms with van der Waals surface area (Å²) in [5.41, 5.74) is 2.08. The van der Waals surface area contributed by atoms with Gasteiger partial charge in [0.25, 0.3) is 5.91 Å². The van der Waals surface area contributed by atoms with Crippen molar-refractivity contribution in [2.45, 2.75) is 18.5 Å². The Hall–Kier alpha value is -3.87. The number of carbonyl (C=O) groups excluding carboxylic acids is 1. The average Bonchev–Trinajstić information content (AvgIpc) is 3.47. The predicted molar refractivity (Wildman–Crippen MR) is 112 cm³/mol. The Labute approximate surface area is 191 Å². The standard InChI is InChI=1S/C19H20N4O4.C2HF3O2/c1-25-15-8-17-20-14(12-6-7-27-11-12)10-23(17)9-13(15)19(24)22-16-4-3-5-18(21-16)26-2;3-2(4,5)1(6)7/h3-5,8-10,12H,6-7,11H2,1-2H3,(H,21,22,24);(H,6,7). The van der Waals surface area contributed by atoms with Crippen molar-refractivity contribution in [2.24, 2.45) is 0 Å². The van der Waals surface area contributed by atoms with Gasteiger partial charge in [0.15, 0.2) is 0 Å². The van der Waals surface area contributed by atoms with Crippen LogP contribution < -0.4 is 14.8 Å². The molecule has 3 aromatic heterocycles. The Kier molecular flexibility index (Phi) is 7.56. The van der Waals surface area contributed by atoms with Gasteiger partial charge in [-0.05, 0) is 12.5 Å². The minimum absolute atomic E-state index is 0.286. The molecular formula is C21H21F3N4O6. The van der Waals surface area contributed by atoms with Gasteiger partial charge in [-0.15, -0.1) is 0 Å². The summed E-state index contributed by atoms with van der Waals surface area (Å²) in [4.78, 5) is 30.5. The Morgan fingerprint density at radius 1 is 1.21 bits per heavy atom. The highest BCUT2D eigenvalue weighted by atomic mass is 19.4. The lowest BCUT2D eigenvalue weighted by Gasteiger charge is -2.10. The number of anilines is 1. The molecule has 0 spiro atoms. The molecule has 0 bridgehead atoms. The molecule has 0 radical (unpaired) electrons. The monoisotopic (exact) mass is 482 g/mol. The second kappa shape index (κ2) is 10.4. The van der Waals surface area contributed by atoms with E-state index in [4.69, 9.17) is 24.1 Å². The maximum absolute atomic E-state index is 12.8. The number of alkyl halides is 3. The molecule has 13 heteroatoms. The van der Waals surface area contributed by atoms with Crippen LogP contribution in [0.1, 0.15) is 28.4 Å². The number of aliphatic carboxylic acids is 1.